The van der Waals surface area contributed by atoms with Crippen LogP contribution in [-0.4, -0.2) is 31.0 Å². The summed E-state index contributed by atoms with van der Waals surface area (Å²) in [4.78, 5) is -1.54. The molecule has 0 bridgehead atoms. The van der Waals surface area contributed by atoms with Gasteiger partial charge >= 0.3 is 0 Å². The number of hydrogen-bond donors (Lipinski definition) is 4. The molecule has 2 aromatic carbocycles. The van der Waals surface area contributed by atoms with Gasteiger partial charge in [0.1, 0.15) is 10.6 Å². The van der Waals surface area contributed by atoms with Gasteiger partial charge in [-0.3, -0.25) is 9.11 Å². The molecule has 108 valence electrons. The van der Waals surface area contributed by atoms with Gasteiger partial charge in [0.15, 0.2) is 0 Å². The Bertz CT molecular complexity index is 916. The second kappa shape index (κ2) is 4.31. The first-order valence-corrected chi connectivity index (χ1v) is 7.90. The van der Waals surface area contributed by atoms with Crippen molar-refractivity contribution < 1.29 is 31.0 Å². The highest BCUT2D eigenvalue weighted by molar-refractivity contribution is 7.86. The van der Waals surface area contributed by atoms with Crippen molar-refractivity contribution in [2.75, 3.05) is 5.73 Å². The zero-order valence-corrected chi connectivity index (χ0v) is 11.3. The number of nitrogen functional groups attached to an aromatic ring is 1. The first-order valence-electron chi connectivity index (χ1n) is 5.02. The third-order valence-electron chi connectivity index (χ3n) is 2.65. The molecule has 5 N–H and O–H groups in total. The van der Waals surface area contributed by atoms with Gasteiger partial charge in [0.25, 0.3) is 20.2 Å². The van der Waals surface area contributed by atoms with E-state index in [0.29, 0.717) is 6.07 Å². The lowest BCUT2D eigenvalue weighted by Gasteiger charge is -2.10. The first kappa shape index (κ1) is 14.5. The molecular weight excluding hydrogens is 310 g/mol. The van der Waals surface area contributed by atoms with Crippen LogP contribution in [0.3, 0.4) is 0 Å². The van der Waals surface area contributed by atoms with E-state index >= 15 is 0 Å². The third-order valence-corrected chi connectivity index (χ3v) is 4.36. The largest absolute Gasteiger partial charge is 0.506 e. The summed E-state index contributed by atoms with van der Waals surface area (Å²) in [5.74, 6) is -0.429. The van der Waals surface area contributed by atoms with E-state index in [9.17, 15) is 21.9 Å². The molecule has 0 amide bonds. The van der Waals surface area contributed by atoms with Crippen LogP contribution in [0.1, 0.15) is 0 Å². The SMILES string of the molecule is Nc1c(O)ccc2cc(S(=O)(=O)O)cc(S(=O)(=O)O)c12. The number of fused-ring (bicyclic) bond motifs is 1. The molecule has 0 aliphatic heterocycles. The zero-order chi connectivity index (χ0) is 15.3. The van der Waals surface area contributed by atoms with Gasteiger partial charge in [-0.05, 0) is 23.6 Å². The quantitative estimate of drug-likeness (QED) is 0.356. The Morgan fingerprint density at radius 1 is 0.950 bits per heavy atom. The molecule has 0 saturated heterocycles. The zero-order valence-electron chi connectivity index (χ0n) is 9.68. The molecular formula is C10H9NO7S2. The smallest absolute Gasteiger partial charge is 0.295 e. The van der Waals surface area contributed by atoms with E-state index in [1.165, 1.54) is 6.07 Å². The Hall–Kier alpha value is -1.88. The Morgan fingerprint density at radius 2 is 1.55 bits per heavy atom. The molecule has 0 spiro atoms. The highest BCUT2D eigenvalue weighted by Gasteiger charge is 2.22. The Balaban J connectivity index is 3.10. The Morgan fingerprint density at radius 3 is 2.05 bits per heavy atom. The number of anilines is 1. The van der Waals surface area contributed by atoms with Gasteiger partial charge in [-0.15, -0.1) is 0 Å². The molecule has 0 aliphatic carbocycles. The standard InChI is InChI=1S/C10H9NO7S2/c11-10-7(12)2-1-5-3-6(19(13,14)15)4-8(9(5)10)20(16,17)18/h1-4,12H,11H2,(H,13,14,15)(H,16,17,18). The monoisotopic (exact) mass is 319 g/mol. The second-order valence-electron chi connectivity index (χ2n) is 3.97. The molecule has 0 saturated carbocycles. The van der Waals surface area contributed by atoms with E-state index in [1.807, 2.05) is 0 Å². The van der Waals surface area contributed by atoms with Gasteiger partial charge in [-0.2, -0.15) is 16.8 Å². The van der Waals surface area contributed by atoms with Crippen LogP contribution in [0.5, 0.6) is 5.75 Å². The maximum atomic E-state index is 11.3. The summed E-state index contributed by atoms with van der Waals surface area (Å²) >= 11 is 0. The molecule has 0 radical (unpaired) electrons. The van der Waals surface area contributed by atoms with E-state index in [-0.39, 0.29) is 16.5 Å². The van der Waals surface area contributed by atoms with Crippen molar-refractivity contribution in [3.8, 4) is 5.75 Å². The normalized spacial score (nSPS) is 12.7. The van der Waals surface area contributed by atoms with Gasteiger partial charge in [0, 0.05) is 5.39 Å². The fourth-order valence-electron chi connectivity index (χ4n) is 1.77. The summed E-state index contributed by atoms with van der Waals surface area (Å²) in [6.07, 6.45) is 0. The number of rotatable bonds is 2. The average Bonchev–Trinajstić information content (AvgIpc) is 2.30. The van der Waals surface area contributed by atoms with Crippen LogP contribution in [0.15, 0.2) is 34.1 Å². The van der Waals surface area contributed by atoms with Crippen LogP contribution in [-0.2, 0) is 20.2 Å². The van der Waals surface area contributed by atoms with Crippen molar-refractivity contribution >= 4 is 36.7 Å². The number of hydrogen-bond acceptors (Lipinski definition) is 6. The van der Waals surface area contributed by atoms with Crippen molar-refractivity contribution in [2.45, 2.75) is 9.79 Å². The van der Waals surface area contributed by atoms with E-state index in [1.54, 1.807) is 0 Å². The highest BCUT2D eigenvalue weighted by atomic mass is 32.2. The summed E-state index contributed by atoms with van der Waals surface area (Å²) in [5, 5.41) is 9.25. The fourth-order valence-corrected chi connectivity index (χ4v) is 3.15. The second-order valence-corrected chi connectivity index (χ2v) is 6.78. The average molecular weight is 319 g/mol. The summed E-state index contributed by atoms with van der Waals surface area (Å²) in [7, 11) is -9.50. The maximum Gasteiger partial charge on any atom is 0.295 e. The molecule has 0 unspecified atom stereocenters. The summed E-state index contributed by atoms with van der Waals surface area (Å²) in [6.45, 7) is 0. The predicted molar refractivity (Wildman–Crippen MR) is 69.7 cm³/mol. The van der Waals surface area contributed by atoms with E-state index in [0.717, 1.165) is 12.1 Å². The summed E-state index contributed by atoms with van der Waals surface area (Å²) < 4.78 is 63.0. The number of nitrogens with two attached hydrogens (primary N) is 1. The van der Waals surface area contributed by atoms with Crippen molar-refractivity contribution in [1.29, 1.82) is 0 Å². The maximum absolute atomic E-state index is 11.3. The minimum absolute atomic E-state index is 0.0167. The van der Waals surface area contributed by atoms with E-state index in [2.05, 4.69) is 0 Å². The minimum Gasteiger partial charge on any atom is -0.506 e. The molecule has 2 aromatic rings. The molecule has 10 heteroatoms. The topological polar surface area (TPSA) is 155 Å². The molecule has 20 heavy (non-hydrogen) atoms. The van der Waals surface area contributed by atoms with Crippen molar-refractivity contribution in [3.05, 3.63) is 24.3 Å². The molecule has 2 rings (SSSR count). The lowest BCUT2D eigenvalue weighted by atomic mass is 10.1. The fraction of sp³-hybridized carbons (Fsp3) is 0. The Labute approximate surface area is 114 Å². The molecule has 0 aliphatic rings. The predicted octanol–water partition coefficient (Wildman–Crippen LogP) is 0.621. The lowest BCUT2D eigenvalue weighted by Crippen LogP contribution is -2.05. The first-order chi connectivity index (χ1) is 9.01. The van der Waals surface area contributed by atoms with Crippen molar-refractivity contribution in [3.63, 3.8) is 0 Å². The number of aromatic hydroxyl groups is 1. The van der Waals surface area contributed by atoms with Crippen LogP contribution in [0.25, 0.3) is 10.8 Å². The number of benzene rings is 2. The summed E-state index contributed by atoms with van der Waals surface area (Å²) in [6, 6.07) is 3.85. The molecule has 0 fully saturated rings. The third kappa shape index (κ3) is 2.41. The Kier molecular flexibility index (Phi) is 3.13. The van der Waals surface area contributed by atoms with Crippen LogP contribution in [0.4, 0.5) is 5.69 Å². The van der Waals surface area contributed by atoms with Crippen LogP contribution in [0, 0.1) is 0 Å². The molecule has 0 aromatic heterocycles. The molecule has 0 heterocycles. The minimum atomic E-state index is -4.82. The van der Waals surface area contributed by atoms with Crippen LogP contribution in [0.2, 0.25) is 0 Å². The molecule has 0 atom stereocenters. The lowest BCUT2D eigenvalue weighted by molar-refractivity contribution is 0.478. The van der Waals surface area contributed by atoms with Crippen LogP contribution >= 0.6 is 0 Å². The van der Waals surface area contributed by atoms with E-state index < -0.39 is 35.8 Å². The van der Waals surface area contributed by atoms with Crippen molar-refractivity contribution in [1.82, 2.24) is 0 Å². The summed E-state index contributed by atoms with van der Waals surface area (Å²) in [5.41, 5.74) is 5.20. The van der Waals surface area contributed by atoms with Gasteiger partial charge < -0.3 is 10.8 Å². The van der Waals surface area contributed by atoms with Gasteiger partial charge in [0.2, 0.25) is 0 Å². The van der Waals surface area contributed by atoms with Crippen LogP contribution < -0.4 is 5.73 Å². The highest BCUT2D eigenvalue weighted by Crippen LogP contribution is 2.36. The number of phenolic OH excluding ortho intramolecular Hbond substituents is 1. The van der Waals surface area contributed by atoms with Gasteiger partial charge in [-0.25, -0.2) is 0 Å². The van der Waals surface area contributed by atoms with Crippen molar-refractivity contribution in [2.24, 2.45) is 0 Å². The van der Waals surface area contributed by atoms with E-state index in [4.69, 9.17) is 14.8 Å². The van der Waals surface area contributed by atoms with Gasteiger partial charge in [0.05, 0.1) is 10.6 Å². The molecule has 8 nitrogen and oxygen atoms in total. The van der Waals surface area contributed by atoms with Gasteiger partial charge in [-0.1, -0.05) is 6.07 Å². The number of phenols is 1.